The molecule has 4 aromatic rings. The molecule has 0 radical (unpaired) electrons. The normalized spacial score (nSPS) is 10.9. The summed E-state index contributed by atoms with van der Waals surface area (Å²) in [6.45, 7) is 0. The van der Waals surface area contributed by atoms with Crippen LogP contribution < -0.4 is 0 Å². The smallest absolute Gasteiger partial charge is 0.195 e. The Balaban J connectivity index is 2.00. The summed E-state index contributed by atoms with van der Waals surface area (Å²) in [6, 6.07) is 19.9. The van der Waals surface area contributed by atoms with Gasteiger partial charge in [-0.2, -0.15) is 0 Å². The van der Waals surface area contributed by atoms with Crippen LogP contribution in [-0.4, -0.2) is 15.7 Å². The van der Waals surface area contributed by atoms with Gasteiger partial charge in [-0.25, -0.2) is 4.98 Å². The molecule has 0 amide bonds. The van der Waals surface area contributed by atoms with Crippen molar-refractivity contribution in [1.82, 2.24) is 9.38 Å². The van der Waals surface area contributed by atoms with Crippen LogP contribution in [0.25, 0.3) is 27.5 Å². The van der Waals surface area contributed by atoms with Gasteiger partial charge >= 0.3 is 0 Å². The van der Waals surface area contributed by atoms with Crippen LogP contribution in [0.3, 0.4) is 0 Å². The molecule has 4 rings (SSSR count). The highest BCUT2D eigenvalue weighted by Gasteiger charge is 2.17. The minimum atomic E-state index is 0.598. The molecule has 0 N–H and O–H groups in total. The van der Waals surface area contributed by atoms with Gasteiger partial charge in [0.05, 0.1) is 5.69 Å². The van der Waals surface area contributed by atoms with E-state index in [9.17, 15) is 4.79 Å². The fraction of sp³-hybridized carbons (Fsp3) is 0. The second kappa shape index (κ2) is 5.24. The highest BCUT2D eigenvalue weighted by Crippen LogP contribution is 2.31. The summed E-state index contributed by atoms with van der Waals surface area (Å²) in [5, 5.41) is 2.04. The van der Waals surface area contributed by atoms with Crippen LogP contribution in [0.15, 0.2) is 66.0 Å². The van der Waals surface area contributed by atoms with Crippen molar-refractivity contribution in [3.63, 3.8) is 0 Å². The molecule has 0 spiro atoms. The lowest BCUT2D eigenvalue weighted by Crippen LogP contribution is -1.93. The van der Waals surface area contributed by atoms with E-state index in [1.54, 1.807) is 11.3 Å². The number of carbonyl (C=O) groups excluding carboxylic acids is 1. The molecule has 0 aliphatic rings. The number of fused-ring (bicyclic) bond motifs is 1. The van der Waals surface area contributed by atoms with Crippen molar-refractivity contribution in [3.05, 3.63) is 71.7 Å². The Morgan fingerprint density at radius 3 is 2.18 bits per heavy atom. The van der Waals surface area contributed by atoms with Crippen LogP contribution in [0.2, 0.25) is 0 Å². The van der Waals surface area contributed by atoms with E-state index in [0.29, 0.717) is 5.69 Å². The Bertz CT molecular complexity index is 939. The highest BCUT2D eigenvalue weighted by molar-refractivity contribution is 7.15. The summed E-state index contributed by atoms with van der Waals surface area (Å²) >= 11 is 1.55. The van der Waals surface area contributed by atoms with E-state index in [1.165, 1.54) is 0 Å². The average Bonchev–Trinajstić information content (AvgIpc) is 3.15. The van der Waals surface area contributed by atoms with Gasteiger partial charge in [0.2, 0.25) is 0 Å². The van der Waals surface area contributed by atoms with E-state index in [2.05, 4.69) is 4.98 Å². The molecule has 22 heavy (non-hydrogen) atoms. The molecule has 0 unspecified atom stereocenters. The van der Waals surface area contributed by atoms with Crippen LogP contribution in [-0.2, 0) is 0 Å². The number of rotatable bonds is 3. The molecule has 3 nitrogen and oxygen atoms in total. The maximum Gasteiger partial charge on any atom is 0.195 e. The van der Waals surface area contributed by atoms with Crippen molar-refractivity contribution in [2.45, 2.75) is 0 Å². The van der Waals surface area contributed by atoms with Crippen molar-refractivity contribution in [2.24, 2.45) is 0 Å². The van der Waals surface area contributed by atoms with Crippen molar-refractivity contribution >= 4 is 22.6 Å². The van der Waals surface area contributed by atoms with E-state index >= 15 is 0 Å². The lowest BCUT2D eigenvalue weighted by atomic mass is 10.1. The van der Waals surface area contributed by atoms with Gasteiger partial charge in [0.1, 0.15) is 11.4 Å². The van der Waals surface area contributed by atoms with Gasteiger partial charge in [0.15, 0.2) is 11.2 Å². The first-order valence-electron chi connectivity index (χ1n) is 6.94. The lowest BCUT2D eigenvalue weighted by Gasteiger charge is -2.02. The monoisotopic (exact) mass is 304 g/mol. The van der Waals surface area contributed by atoms with Gasteiger partial charge in [-0.3, -0.25) is 9.20 Å². The number of benzene rings is 2. The van der Waals surface area contributed by atoms with Gasteiger partial charge in [0.25, 0.3) is 0 Å². The van der Waals surface area contributed by atoms with E-state index in [-0.39, 0.29) is 0 Å². The first-order valence-corrected chi connectivity index (χ1v) is 7.82. The number of aldehydes is 1. The fourth-order valence-electron chi connectivity index (χ4n) is 2.61. The van der Waals surface area contributed by atoms with Gasteiger partial charge in [0, 0.05) is 10.9 Å². The minimum absolute atomic E-state index is 0.598. The van der Waals surface area contributed by atoms with Gasteiger partial charge < -0.3 is 0 Å². The summed E-state index contributed by atoms with van der Waals surface area (Å²) in [4.78, 5) is 17.2. The lowest BCUT2D eigenvalue weighted by molar-refractivity contribution is 0.111. The van der Waals surface area contributed by atoms with E-state index in [4.69, 9.17) is 0 Å². The number of aromatic nitrogens is 2. The molecule has 0 fully saturated rings. The minimum Gasteiger partial charge on any atom is -0.296 e. The first kappa shape index (κ1) is 13.0. The van der Waals surface area contributed by atoms with Crippen LogP contribution in [0.4, 0.5) is 0 Å². The summed E-state index contributed by atoms with van der Waals surface area (Å²) in [7, 11) is 0. The molecule has 0 atom stereocenters. The molecule has 2 heterocycles. The van der Waals surface area contributed by atoms with Gasteiger partial charge in [-0.05, 0) is 5.56 Å². The van der Waals surface area contributed by atoms with Crippen molar-refractivity contribution in [3.8, 4) is 22.5 Å². The Morgan fingerprint density at radius 1 is 0.909 bits per heavy atom. The number of nitrogens with zero attached hydrogens (tertiary/aromatic N) is 2. The molecule has 0 saturated heterocycles. The fourth-order valence-corrected chi connectivity index (χ4v) is 3.51. The predicted octanol–water partition coefficient (Wildman–Crippen LogP) is 4.54. The molecular formula is C18H12N2OS. The molecular weight excluding hydrogens is 292 g/mol. The molecule has 0 aliphatic heterocycles. The molecule has 2 aromatic heterocycles. The second-order valence-corrected chi connectivity index (χ2v) is 5.77. The maximum absolute atomic E-state index is 11.7. The summed E-state index contributed by atoms with van der Waals surface area (Å²) < 4.78 is 1.94. The van der Waals surface area contributed by atoms with E-state index in [1.807, 2.05) is 70.4 Å². The largest absolute Gasteiger partial charge is 0.296 e. The Morgan fingerprint density at radius 2 is 1.55 bits per heavy atom. The SMILES string of the molecule is O=Cc1c(-c2ccccc2)nc2scc(-c3ccccc3)n12. The number of thiazole rings is 1. The van der Waals surface area contributed by atoms with E-state index < -0.39 is 0 Å². The van der Waals surface area contributed by atoms with Gasteiger partial charge in [-0.15, -0.1) is 11.3 Å². The number of hydrogen-bond donors (Lipinski definition) is 0. The van der Waals surface area contributed by atoms with Crippen molar-refractivity contribution in [2.75, 3.05) is 0 Å². The molecule has 0 bridgehead atoms. The van der Waals surface area contributed by atoms with Crippen LogP contribution in [0, 0.1) is 0 Å². The third-order valence-electron chi connectivity index (χ3n) is 3.63. The molecule has 0 aliphatic carbocycles. The van der Waals surface area contributed by atoms with Crippen LogP contribution in [0.1, 0.15) is 10.5 Å². The van der Waals surface area contributed by atoms with Crippen molar-refractivity contribution in [1.29, 1.82) is 0 Å². The first-order chi connectivity index (χ1) is 10.9. The third kappa shape index (κ3) is 1.96. The average molecular weight is 304 g/mol. The Hall–Kier alpha value is -2.72. The molecule has 0 saturated carbocycles. The highest BCUT2D eigenvalue weighted by atomic mass is 32.1. The third-order valence-corrected chi connectivity index (χ3v) is 4.45. The standard InChI is InChI=1S/C18H12N2OS/c21-11-15-17(14-9-5-2-6-10-14)19-18-20(15)16(12-22-18)13-7-3-1-4-8-13/h1-12H. The molecule has 2 aromatic carbocycles. The number of hydrogen-bond acceptors (Lipinski definition) is 3. The molecule has 4 heteroatoms. The number of carbonyl (C=O) groups is 1. The van der Waals surface area contributed by atoms with E-state index in [0.717, 1.165) is 33.8 Å². The summed E-state index contributed by atoms with van der Waals surface area (Å²) in [6.07, 6.45) is 0.890. The quantitative estimate of drug-likeness (QED) is 0.521. The predicted molar refractivity (Wildman–Crippen MR) is 89.3 cm³/mol. The van der Waals surface area contributed by atoms with Gasteiger partial charge in [-0.1, -0.05) is 60.7 Å². The molecule has 106 valence electrons. The topological polar surface area (TPSA) is 34.4 Å². The zero-order valence-corrected chi connectivity index (χ0v) is 12.5. The van der Waals surface area contributed by atoms with Crippen LogP contribution in [0.5, 0.6) is 0 Å². The van der Waals surface area contributed by atoms with Crippen molar-refractivity contribution < 1.29 is 4.79 Å². The zero-order valence-electron chi connectivity index (χ0n) is 11.6. The second-order valence-electron chi connectivity index (χ2n) is 4.93. The zero-order chi connectivity index (χ0) is 14.9. The Kier molecular flexibility index (Phi) is 3.09. The summed E-state index contributed by atoms with van der Waals surface area (Å²) in [5.74, 6) is 0. The maximum atomic E-state index is 11.7. The summed E-state index contributed by atoms with van der Waals surface area (Å²) in [5.41, 5.74) is 4.37. The van der Waals surface area contributed by atoms with Crippen LogP contribution >= 0.6 is 11.3 Å². The number of imidazole rings is 1. The Labute approximate surface area is 131 Å².